The zero-order valence-corrected chi connectivity index (χ0v) is 11.8. The van der Waals surface area contributed by atoms with Gasteiger partial charge in [0.15, 0.2) is 0 Å². The average molecular weight is 227 g/mol. The molecule has 1 aliphatic heterocycles. The molecule has 0 radical (unpaired) electrons. The van der Waals surface area contributed by atoms with Crippen molar-refractivity contribution in [3.63, 3.8) is 0 Å². The van der Waals surface area contributed by atoms with E-state index in [-0.39, 0.29) is 0 Å². The molecule has 6 unspecified atom stereocenters. The summed E-state index contributed by atoms with van der Waals surface area (Å²) >= 11 is 0. The minimum Gasteiger partial charge on any atom is -0.375 e. The summed E-state index contributed by atoms with van der Waals surface area (Å²) in [6, 6.07) is 0.592. The van der Waals surface area contributed by atoms with Crippen molar-refractivity contribution in [1.29, 1.82) is 0 Å². The van der Waals surface area contributed by atoms with Gasteiger partial charge in [-0.1, -0.05) is 27.2 Å². The second kappa shape index (κ2) is 6.02. The Bertz CT molecular complexity index is 207. The lowest BCUT2D eigenvalue weighted by atomic mass is 9.77. The molecule has 1 heterocycles. The Balaban J connectivity index is 2.71. The quantitative estimate of drug-likeness (QED) is 0.779. The summed E-state index contributed by atoms with van der Waals surface area (Å²) in [5, 5.41) is 3.53. The van der Waals surface area contributed by atoms with Crippen molar-refractivity contribution in [3.8, 4) is 0 Å². The van der Waals surface area contributed by atoms with Gasteiger partial charge in [-0.2, -0.15) is 0 Å². The van der Waals surface area contributed by atoms with E-state index in [1.165, 1.54) is 12.8 Å². The summed E-state index contributed by atoms with van der Waals surface area (Å²) in [5.41, 5.74) is 0. The van der Waals surface area contributed by atoms with E-state index in [2.05, 4.69) is 47.0 Å². The van der Waals surface area contributed by atoms with Crippen LogP contribution < -0.4 is 5.32 Å². The minimum atomic E-state index is 0.391. The molecule has 16 heavy (non-hydrogen) atoms. The molecule has 0 saturated carbocycles. The van der Waals surface area contributed by atoms with Gasteiger partial charge in [-0.15, -0.1) is 0 Å². The van der Waals surface area contributed by atoms with Crippen molar-refractivity contribution in [2.45, 2.75) is 65.7 Å². The van der Waals surface area contributed by atoms with E-state index in [4.69, 9.17) is 4.74 Å². The minimum absolute atomic E-state index is 0.391. The van der Waals surface area contributed by atoms with Crippen molar-refractivity contribution < 1.29 is 4.74 Å². The molecule has 0 amide bonds. The molecule has 0 aromatic heterocycles. The van der Waals surface area contributed by atoms with Crippen molar-refractivity contribution in [3.05, 3.63) is 0 Å². The maximum absolute atomic E-state index is 5.96. The van der Waals surface area contributed by atoms with Gasteiger partial charge in [-0.05, 0) is 39.2 Å². The topological polar surface area (TPSA) is 21.3 Å². The van der Waals surface area contributed by atoms with Gasteiger partial charge in [-0.3, -0.25) is 0 Å². The van der Waals surface area contributed by atoms with Crippen LogP contribution in [0.15, 0.2) is 0 Å². The molecule has 1 N–H and O–H groups in total. The largest absolute Gasteiger partial charge is 0.375 e. The molecule has 0 spiro atoms. The van der Waals surface area contributed by atoms with Crippen LogP contribution in [0, 0.1) is 17.8 Å². The van der Waals surface area contributed by atoms with E-state index in [0.29, 0.717) is 30.1 Å². The predicted octanol–water partition coefficient (Wildman–Crippen LogP) is 3.07. The lowest BCUT2D eigenvalue weighted by Gasteiger charge is -2.33. The van der Waals surface area contributed by atoms with Gasteiger partial charge in [0.2, 0.25) is 0 Å². The van der Waals surface area contributed by atoms with Gasteiger partial charge in [0, 0.05) is 12.0 Å². The molecule has 1 aliphatic rings. The SMILES string of the molecule is CCCC(C)C(NC)C1C(C)OC(C)C1C. The van der Waals surface area contributed by atoms with Crippen molar-refractivity contribution in [1.82, 2.24) is 5.32 Å². The van der Waals surface area contributed by atoms with Crippen LogP contribution in [0.25, 0.3) is 0 Å². The molecule has 0 bridgehead atoms. The first-order valence-electron chi connectivity index (χ1n) is 6.85. The Hall–Kier alpha value is -0.0800. The summed E-state index contributed by atoms with van der Waals surface area (Å²) in [5.74, 6) is 2.05. The molecule has 0 aromatic rings. The van der Waals surface area contributed by atoms with Gasteiger partial charge in [0.25, 0.3) is 0 Å². The van der Waals surface area contributed by atoms with E-state index in [9.17, 15) is 0 Å². The van der Waals surface area contributed by atoms with Gasteiger partial charge < -0.3 is 10.1 Å². The molecule has 96 valence electrons. The molecule has 2 nitrogen and oxygen atoms in total. The second-order valence-electron chi connectivity index (χ2n) is 5.56. The smallest absolute Gasteiger partial charge is 0.0597 e. The fourth-order valence-corrected chi connectivity index (χ4v) is 3.40. The highest BCUT2D eigenvalue weighted by Crippen LogP contribution is 2.37. The number of hydrogen-bond donors (Lipinski definition) is 1. The third kappa shape index (κ3) is 2.78. The van der Waals surface area contributed by atoms with E-state index >= 15 is 0 Å². The summed E-state index contributed by atoms with van der Waals surface area (Å²) < 4.78 is 5.96. The van der Waals surface area contributed by atoms with E-state index in [1.54, 1.807) is 0 Å². The molecule has 1 rings (SSSR count). The van der Waals surface area contributed by atoms with Crippen molar-refractivity contribution in [2.24, 2.45) is 17.8 Å². The van der Waals surface area contributed by atoms with Crippen LogP contribution in [0.1, 0.15) is 47.5 Å². The third-order valence-electron chi connectivity index (χ3n) is 4.42. The van der Waals surface area contributed by atoms with Gasteiger partial charge in [0.1, 0.15) is 0 Å². The predicted molar refractivity (Wildman–Crippen MR) is 69.6 cm³/mol. The second-order valence-corrected chi connectivity index (χ2v) is 5.56. The summed E-state index contributed by atoms with van der Waals surface area (Å²) in [7, 11) is 2.10. The van der Waals surface area contributed by atoms with Crippen LogP contribution in [-0.4, -0.2) is 25.3 Å². The van der Waals surface area contributed by atoms with Gasteiger partial charge >= 0.3 is 0 Å². The summed E-state index contributed by atoms with van der Waals surface area (Å²) in [4.78, 5) is 0. The molecule has 0 aromatic carbocycles. The first-order chi connectivity index (χ1) is 7.52. The molecule has 1 saturated heterocycles. The summed E-state index contributed by atoms with van der Waals surface area (Å²) in [6.45, 7) is 11.4. The van der Waals surface area contributed by atoms with Crippen LogP contribution in [0.2, 0.25) is 0 Å². The molecule has 2 heteroatoms. The molecular weight excluding hydrogens is 198 g/mol. The lowest BCUT2D eigenvalue weighted by molar-refractivity contribution is 0.0450. The number of hydrogen-bond acceptors (Lipinski definition) is 2. The molecule has 6 atom stereocenters. The Morgan fingerprint density at radius 1 is 1.19 bits per heavy atom. The zero-order valence-electron chi connectivity index (χ0n) is 11.8. The van der Waals surface area contributed by atoms with Crippen LogP contribution in [-0.2, 0) is 4.74 Å². The van der Waals surface area contributed by atoms with E-state index in [1.807, 2.05) is 0 Å². The Morgan fingerprint density at radius 2 is 1.81 bits per heavy atom. The number of nitrogens with one attached hydrogen (secondary N) is 1. The Morgan fingerprint density at radius 3 is 2.19 bits per heavy atom. The number of rotatable bonds is 5. The number of ether oxygens (including phenoxy) is 1. The summed E-state index contributed by atoms with van der Waals surface area (Å²) in [6.07, 6.45) is 3.37. The third-order valence-corrected chi connectivity index (χ3v) is 4.42. The fourth-order valence-electron chi connectivity index (χ4n) is 3.40. The van der Waals surface area contributed by atoms with Gasteiger partial charge in [-0.25, -0.2) is 0 Å². The van der Waals surface area contributed by atoms with E-state index in [0.717, 1.165) is 5.92 Å². The molecule has 1 fully saturated rings. The van der Waals surface area contributed by atoms with Crippen molar-refractivity contribution in [2.75, 3.05) is 7.05 Å². The average Bonchev–Trinajstić information content (AvgIpc) is 2.46. The van der Waals surface area contributed by atoms with Crippen LogP contribution in [0.3, 0.4) is 0 Å². The first kappa shape index (κ1) is 14.0. The normalized spacial score (nSPS) is 38.6. The standard InChI is InChI=1S/C14H29NO/c1-7-8-9(2)14(15-6)13-10(3)11(4)16-12(13)5/h9-15H,7-8H2,1-6H3. The first-order valence-corrected chi connectivity index (χ1v) is 6.85. The molecular formula is C14H29NO. The maximum atomic E-state index is 5.96. The van der Waals surface area contributed by atoms with Crippen LogP contribution in [0.5, 0.6) is 0 Å². The zero-order chi connectivity index (χ0) is 12.3. The molecule has 0 aliphatic carbocycles. The monoisotopic (exact) mass is 227 g/mol. The van der Waals surface area contributed by atoms with Crippen LogP contribution >= 0.6 is 0 Å². The van der Waals surface area contributed by atoms with Crippen LogP contribution in [0.4, 0.5) is 0 Å². The lowest BCUT2D eigenvalue weighted by Crippen LogP contribution is -2.44. The fraction of sp³-hybridized carbons (Fsp3) is 1.00. The highest BCUT2D eigenvalue weighted by molar-refractivity contribution is 4.93. The van der Waals surface area contributed by atoms with E-state index < -0.39 is 0 Å². The Kier molecular flexibility index (Phi) is 5.26. The maximum Gasteiger partial charge on any atom is 0.0597 e. The van der Waals surface area contributed by atoms with Crippen molar-refractivity contribution >= 4 is 0 Å². The van der Waals surface area contributed by atoms with Gasteiger partial charge in [0.05, 0.1) is 12.2 Å². The highest BCUT2D eigenvalue weighted by atomic mass is 16.5. The Labute approximate surface area is 101 Å². The highest BCUT2D eigenvalue weighted by Gasteiger charge is 2.42.